The first-order chi connectivity index (χ1) is 8.69. The summed E-state index contributed by atoms with van der Waals surface area (Å²) in [5.74, 6) is 3.09. The fourth-order valence-corrected chi connectivity index (χ4v) is 2.72. The average molecular weight is 251 g/mol. The molecule has 0 aliphatic heterocycles. The third-order valence-electron chi connectivity index (χ3n) is 3.90. The van der Waals surface area contributed by atoms with Crippen molar-refractivity contribution in [3.63, 3.8) is 0 Å². The van der Waals surface area contributed by atoms with E-state index in [1.807, 2.05) is 0 Å². The van der Waals surface area contributed by atoms with Crippen LogP contribution in [0.3, 0.4) is 0 Å². The molecule has 1 fully saturated rings. The fourth-order valence-electron chi connectivity index (χ4n) is 2.72. The van der Waals surface area contributed by atoms with Gasteiger partial charge in [0.05, 0.1) is 0 Å². The Hall–Kier alpha value is -0.900. The van der Waals surface area contributed by atoms with Crippen molar-refractivity contribution >= 4 is 0 Å². The highest BCUT2D eigenvalue weighted by atomic mass is 16.5. The first-order valence-corrected chi connectivity index (χ1v) is 7.25. The molecule has 2 rings (SSSR count). The second-order valence-electron chi connectivity index (χ2n) is 5.67. The van der Waals surface area contributed by atoms with Crippen LogP contribution in [0.5, 0.6) is 0 Å². The maximum absolute atomic E-state index is 5.36. The minimum atomic E-state index is 0.398. The predicted molar refractivity (Wildman–Crippen MR) is 71.5 cm³/mol. The van der Waals surface area contributed by atoms with E-state index in [0.29, 0.717) is 12.0 Å². The van der Waals surface area contributed by atoms with Crippen molar-refractivity contribution in [3.8, 4) is 0 Å². The van der Waals surface area contributed by atoms with Gasteiger partial charge in [0.2, 0.25) is 5.89 Å². The molecular weight excluding hydrogens is 226 g/mol. The Kier molecular flexibility index (Phi) is 4.75. The number of hydrogen-bond acceptors (Lipinski definition) is 4. The van der Waals surface area contributed by atoms with Crippen molar-refractivity contribution in [2.75, 3.05) is 6.54 Å². The van der Waals surface area contributed by atoms with Gasteiger partial charge in [0.25, 0.3) is 0 Å². The highest BCUT2D eigenvalue weighted by Gasteiger charge is 2.24. The van der Waals surface area contributed by atoms with Crippen LogP contribution in [0, 0.1) is 5.92 Å². The van der Waals surface area contributed by atoms with E-state index in [-0.39, 0.29) is 0 Å². The van der Waals surface area contributed by atoms with Crippen LogP contribution in [0.4, 0.5) is 0 Å². The largest absolute Gasteiger partial charge is 0.339 e. The molecule has 1 heterocycles. The van der Waals surface area contributed by atoms with E-state index >= 15 is 0 Å². The Bertz CT molecular complexity index is 356. The summed E-state index contributed by atoms with van der Waals surface area (Å²) in [5, 5.41) is 7.52. The molecule has 0 spiro atoms. The first-order valence-electron chi connectivity index (χ1n) is 7.25. The molecule has 0 amide bonds. The topological polar surface area (TPSA) is 51.0 Å². The van der Waals surface area contributed by atoms with Crippen LogP contribution >= 0.6 is 0 Å². The Morgan fingerprint density at radius 3 is 2.72 bits per heavy atom. The van der Waals surface area contributed by atoms with Crippen molar-refractivity contribution in [2.24, 2.45) is 5.92 Å². The monoisotopic (exact) mass is 251 g/mol. The molecule has 1 N–H and O–H groups in total. The molecule has 1 unspecified atom stereocenters. The molecule has 1 saturated carbocycles. The Morgan fingerprint density at radius 2 is 2.06 bits per heavy atom. The van der Waals surface area contributed by atoms with Gasteiger partial charge in [0.15, 0.2) is 5.82 Å². The molecule has 102 valence electrons. The van der Waals surface area contributed by atoms with Crippen molar-refractivity contribution in [1.82, 2.24) is 15.5 Å². The van der Waals surface area contributed by atoms with Crippen molar-refractivity contribution in [3.05, 3.63) is 11.7 Å². The lowest BCUT2D eigenvalue weighted by Gasteiger charge is -2.23. The SMILES string of the molecule is CCNC(C)Cc1nc(C2CCC(C)CC2)no1. The fraction of sp³-hybridized carbons (Fsp3) is 0.857. The zero-order valence-electron chi connectivity index (χ0n) is 11.8. The molecule has 0 saturated heterocycles. The van der Waals surface area contributed by atoms with E-state index in [9.17, 15) is 0 Å². The number of hydrogen-bond donors (Lipinski definition) is 1. The standard InChI is InChI=1S/C14H25N3O/c1-4-15-11(3)9-13-16-14(17-18-13)12-7-5-10(2)6-8-12/h10-12,15H,4-9H2,1-3H3. The van der Waals surface area contributed by atoms with Gasteiger partial charge in [-0.2, -0.15) is 4.98 Å². The molecule has 1 aliphatic rings. The smallest absolute Gasteiger partial charge is 0.228 e. The van der Waals surface area contributed by atoms with Gasteiger partial charge in [0.1, 0.15) is 0 Å². The number of rotatable bonds is 5. The number of nitrogens with zero attached hydrogens (tertiary/aromatic N) is 2. The summed E-state index contributed by atoms with van der Waals surface area (Å²) in [4.78, 5) is 4.56. The van der Waals surface area contributed by atoms with Crippen molar-refractivity contribution < 1.29 is 4.52 Å². The molecule has 0 bridgehead atoms. The predicted octanol–water partition coefficient (Wildman–Crippen LogP) is 2.90. The molecule has 1 aromatic rings. The lowest BCUT2D eigenvalue weighted by atomic mass is 9.83. The minimum absolute atomic E-state index is 0.398. The summed E-state index contributed by atoms with van der Waals surface area (Å²) in [7, 11) is 0. The molecular formula is C14H25N3O. The van der Waals surface area contributed by atoms with E-state index in [2.05, 4.69) is 36.2 Å². The van der Waals surface area contributed by atoms with Crippen molar-refractivity contribution in [2.45, 2.75) is 64.8 Å². The van der Waals surface area contributed by atoms with E-state index in [4.69, 9.17) is 4.52 Å². The van der Waals surface area contributed by atoms with Gasteiger partial charge in [0, 0.05) is 18.4 Å². The molecule has 4 nitrogen and oxygen atoms in total. The van der Waals surface area contributed by atoms with Gasteiger partial charge < -0.3 is 9.84 Å². The van der Waals surface area contributed by atoms with Crippen molar-refractivity contribution in [1.29, 1.82) is 0 Å². The third-order valence-corrected chi connectivity index (χ3v) is 3.90. The summed E-state index contributed by atoms with van der Waals surface area (Å²) >= 11 is 0. The van der Waals surface area contributed by atoms with Gasteiger partial charge in [-0.1, -0.05) is 31.8 Å². The van der Waals surface area contributed by atoms with Crippen LogP contribution in [-0.4, -0.2) is 22.7 Å². The van der Waals surface area contributed by atoms with Crippen LogP contribution in [0.15, 0.2) is 4.52 Å². The quantitative estimate of drug-likeness (QED) is 0.874. The van der Waals surface area contributed by atoms with Crippen LogP contribution in [0.25, 0.3) is 0 Å². The molecule has 1 aromatic heterocycles. The molecule has 18 heavy (non-hydrogen) atoms. The molecule has 4 heteroatoms. The first kappa shape index (κ1) is 13.5. The second-order valence-corrected chi connectivity index (χ2v) is 5.67. The van der Waals surface area contributed by atoms with Gasteiger partial charge in [-0.3, -0.25) is 0 Å². The maximum Gasteiger partial charge on any atom is 0.228 e. The van der Waals surface area contributed by atoms with E-state index in [1.54, 1.807) is 0 Å². The second kappa shape index (κ2) is 6.32. The molecule has 1 atom stereocenters. The Labute approximate surface area is 110 Å². The van der Waals surface area contributed by atoms with Crippen LogP contribution in [0.2, 0.25) is 0 Å². The summed E-state index contributed by atoms with van der Waals surface area (Å²) < 4.78 is 5.36. The van der Waals surface area contributed by atoms with Crippen LogP contribution < -0.4 is 5.32 Å². The average Bonchev–Trinajstić information content (AvgIpc) is 2.78. The van der Waals surface area contributed by atoms with E-state index in [1.165, 1.54) is 25.7 Å². The third kappa shape index (κ3) is 3.55. The van der Waals surface area contributed by atoms with Gasteiger partial charge in [-0.25, -0.2) is 0 Å². The zero-order chi connectivity index (χ0) is 13.0. The van der Waals surface area contributed by atoms with Crippen LogP contribution in [-0.2, 0) is 6.42 Å². The minimum Gasteiger partial charge on any atom is -0.339 e. The van der Waals surface area contributed by atoms with E-state index < -0.39 is 0 Å². The molecule has 1 aliphatic carbocycles. The van der Waals surface area contributed by atoms with Gasteiger partial charge >= 0.3 is 0 Å². The lowest BCUT2D eigenvalue weighted by molar-refractivity contribution is 0.321. The van der Waals surface area contributed by atoms with Gasteiger partial charge in [-0.05, 0) is 32.2 Å². The highest BCUT2D eigenvalue weighted by molar-refractivity contribution is 4.98. The summed E-state index contributed by atoms with van der Waals surface area (Å²) in [5.41, 5.74) is 0. The normalized spacial score (nSPS) is 26.2. The number of likely N-dealkylation sites (N-methyl/N-ethyl adjacent to an activating group) is 1. The number of nitrogens with one attached hydrogen (secondary N) is 1. The van der Waals surface area contributed by atoms with Gasteiger partial charge in [-0.15, -0.1) is 0 Å². The molecule has 0 aromatic carbocycles. The highest BCUT2D eigenvalue weighted by Crippen LogP contribution is 2.34. The molecule has 0 radical (unpaired) electrons. The summed E-state index contributed by atoms with van der Waals surface area (Å²) in [6.45, 7) is 7.56. The lowest BCUT2D eigenvalue weighted by Crippen LogP contribution is -2.27. The summed E-state index contributed by atoms with van der Waals surface area (Å²) in [6.07, 6.45) is 5.83. The Morgan fingerprint density at radius 1 is 1.33 bits per heavy atom. The number of aromatic nitrogens is 2. The summed E-state index contributed by atoms with van der Waals surface area (Å²) in [6, 6.07) is 0.398. The van der Waals surface area contributed by atoms with Crippen LogP contribution in [0.1, 0.15) is 64.1 Å². The maximum atomic E-state index is 5.36. The zero-order valence-corrected chi connectivity index (χ0v) is 11.8. The Balaban J connectivity index is 1.89. The van der Waals surface area contributed by atoms with E-state index in [0.717, 1.165) is 30.6 Å².